The lowest BCUT2D eigenvalue weighted by Gasteiger charge is -2.19. The summed E-state index contributed by atoms with van der Waals surface area (Å²) >= 11 is 0. The molecular formula is C14H24N4O. The molecule has 1 saturated heterocycles. The van der Waals surface area contributed by atoms with E-state index in [1.807, 2.05) is 4.68 Å². The van der Waals surface area contributed by atoms with Crippen molar-refractivity contribution in [2.45, 2.75) is 39.2 Å². The Balaban J connectivity index is 1.62. The quantitative estimate of drug-likeness (QED) is 0.870. The fraction of sp³-hybridized carbons (Fsp3) is 0.857. The second-order valence-corrected chi connectivity index (χ2v) is 5.97. The summed E-state index contributed by atoms with van der Waals surface area (Å²) in [6.45, 7) is 6.90. The van der Waals surface area contributed by atoms with Gasteiger partial charge in [0.1, 0.15) is 5.82 Å². The Morgan fingerprint density at radius 3 is 2.89 bits per heavy atom. The van der Waals surface area contributed by atoms with Crippen LogP contribution in [0.2, 0.25) is 0 Å². The molecule has 2 unspecified atom stereocenters. The van der Waals surface area contributed by atoms with Crippen LogP contribution in [0.4, 0.5) is 0 Å². The third kappa shape index (κ3) is 2.82. The van der Waals surface area contributed by atoms with Crippen LogP contribution in [0.1, 0.15) is 31.4 Å². The van der Waals surface area contributed by atoms with Crippen molar-refractivity contribution < 1.29 is 5.11 Å². The molecule has 3 heterocycles. The summed E-state index contributed by atoms with van der Waals surface area (Å²) in [6, 6.07) is 0. The first-order chi connectivity index (χ1) is 9.28. The Bertz CT molecular complexity index is 431. The number of aromatic nitrogens is 3. The monoisotopic (exact) mass is 264 g/mol. The highest BCUT2D eigenvalue weighted by Gasteiger charge is 2.25. The molecule has 0 amide bonds. The molecule has 5 nitrogen and oxygen atoms in total. The molecule has 1 fully saturated rings. The van der Waals surface area contributed by atoms with Crippen LogP contribution in [-0.4, -0.2) is 51.0 Å². The van der Waals surface area contributed by atoms with Crippen molar-refractivity contribution in [2.75, 3.05) is 26.2 Å². The third-order valence-electron chi connectivity index (χ3n) is 4.55. The Hall–Kier alpha value is -0.940. The van der Waals surface area contributed by atoms with E-state index in [1.165, 1.54) is 19.5 Å². The van der Waals surface area contributed by atoms with E-state index in [0.29, 0.717) is 5.92 Å². The predicted octanol–water partition coefficient (Wildman–Crippen LogP) is 0.717. The molecule has 2 aliphatic rings. The first kappa shape index (κ1) is 13.1. The molecule has 2 atom stereocenters. The number of hydrogen-bond acceptors (Lipinski definition) is 4. The molecule has 0 radical (unpaired) electrons. The zero-order valence-electron chi connectivity index (χ0n) is 11.8. The van der Waals surface area contributed by atoms with E-state index in [-0.39, 0.29) is 6.61 Å². The number of aryl methyl sites for hydroxylation is 1. The van der Waals surface area contributed by atoms with Gasteiger partial charge in [-0.1, -0.05) is 6.92 Å². The van der Waals surface area contributed by atoms with Gasteiger partial charge in [0.05, 0.1) is 0 Å². The van der Waals surface area contributed by atoms with Crippen molar-refractivity contribution in [3.63, 3.8) is 0 Å². The molecule has 2 aliphatic heterocycles. The SMILES string of the molecule is CCN1CCC(Cc2nc3n(n2)CC(CO)CC3)C1. The van der Waals surface area contributed by atoms with Gasteiger partial charge in [-0.25, -0.2) is 9.67 Å². The maximum absolute atomic E-state index is 9.24. The minimum atomic E-state index is 0.267. The van der Waals surface area contributed by atoms with Gasteiger partial charge in [-0.2, -0.15) is 5.10 Å². The second kappa shape index (κ2) is 5.59. The first-order valence-corrected chi connectivity index (χ1v) is 7.54. The summed E-state index contributed by atoms with van der Waals surface area (Å²) in [4.78, 5) is 7.19. The lowest BCUT2D eigenvalue weighted by molar-refractivity contribution is 0.185. The number of aliphatic hydroxyl groups excluding tert-OH is 1. The molecular weight excluding hydrogens is 240 g/mol. The molecule has 1 N–H and O–H groups in total. The van der Waals surface area contributed by atoms with Gasteiger partial charge in [0.15, 0.2) is 5.82 Å². The number of fused-ring (bicyclic) bond motifs is 1. The van der Waals surface area contributed by atoms with Crippen LogP contribution in [0.5, 0.6) is 0 Å². The Kier molecular flexibility index (Phi) is 3.84. The smallest absolute Gasteiger partial charge is 0.151 e. The largest absolute Gasteiger partial charge is 0.396 e. The predicted molar refractivity (Wildman–Crippen MR) is 72.8 cm³/mol. The normalized spacial score (nSPS) is 27.7. The fourth-order valence-electron chi connectivity index (χ4n) is 3.29. The van der Waals surface area contributed by atoms with Crippen LogP contribution in [0, 0.1) is 11.8 Å². The van der Waals surface area contributed by atoms with Gasteiger partial charge in [0.2, 0.25) is 0 Å². The molecule has 0 aromatic carbocycles. The van der Waals surface area contributed by atoms with Crippen molar-refractivity contribution >= 4 is 0 Å². The van der Waals surface area contributed by atoms with Gasteiger partial charge in [-0.3, -0.25) is 0 Å². The fourth-order valence-corrected chi connectivity index (χ4v) is 3.29. The van der Waals surface area contributed by atoms with Crippen molar-refractivity contribution in [1.82, 2.24) is 19.7 Å². The maximum atomic E-state index is 9.24. The zero-order chi connectivity index (χ0) is 13.2. The van der Waals surface area contributed by atoms with Crippen molar-refractivity contribution in [3.05, 3.63) is 11.6 Å². The molecule has 0 bridgehead atoms. The van der Waals surface area contributed by atoms with Crippen LogP contribution in [-0.2, 0) is 19.4 Å². The molecule has 106 valence electrons. The summed E-state index contributed by atoms with van der Waals surface area (Å²) in [5.74, 6) is 3.21. The summed E-state index contributed by atoms with van der Waals surface area (Å²) in [6.07, 6.45) is 4.29. The molecule has 0 saturated carbocycles. The van der Waals surface area contributed by atoms with Crippen LogP contribution in [0.3, 0.4) is 0 Å². The highest BCUT2D eigenvalue weighted by molar-refractivity contribution is 4.99. The number of nitrogens with zero attached hydrogens (tertiary/aromatic N) is 4. The van der Waals surface area contributed by atoms with Crippen LogP contribution in [0.15, 0.2) is 0 Å². The van der Waals surface area contributed by atoms with Gasteiger partial charge in [-0.15, -0.1) is 0 Å². The van der Waals surface area contributed by atoms with Gasteiger partial charge in [-0.05, 0) is 31.8 Å². The number of hydrogen-bond donors (Lipinski definition) is 1. The Labute approximate surface area is 114 Å². The van der Waals surface area contributed by atoms with Gasteiger partial charge in [0.25, 0.3) is 0 Å². The third-order valence-corrected chi connectivity index (χ3v) is 4.55. The second-order valence-electron chi connectivity index (χ2n) is 5.97. The Morgan fingerprint density at radius 1 is 1.26 bits per heavy atom. The lowest BCUT2D eigenvalue weighted by atomic mass is 10.0. The zero-order valence-corrected chi connectivity index (χ0v) is 11.8. The van der Waals surface area contributed by atoms with Gasteiger partial charge in [0, 0.05) is 38.5 Å². The average Bonchev–Trinajstić information content (AvgIpc) is 3.03. The topological polar surface area (TPSA) is 54.2 Å². The molecule has 19 heavy (non-hydrogen) atoms. The van der Waals surface area contributed by atoms with E-state index in [0.717, 1.165) is 49.9 Å². The average molecular weight is 264 g/mol. The minimum Gasteiger partial charge on any atom is -0.396 e. The van der Waals surface area contributed by atoms with Crippen LogP contribution in [0.25, 0.3) is 0 Å². The molecule has 1 aromatic heterocycles. The molecule has 3 rings (SSSR count). The van der Waals surface area contributed by atoms with E-state index >= 15 is 0 Å². The standard InChI is InChI=1S/C14H24N4O/c1-2-17-6-5-11(8-17)7-13-15-14-4-3-12(10-19)9-18(14)16-13/h11-12,19H,2-10H2,1H3. The summed E-state index contributed by atoms with van der Waals surface area (Å²) in [7, 11) is 0. The van der Waals surface area contributed by atoms with E-state index in [4.69, 9.17) is 0 Å². The molecule has 0 spiro atoms. The highest BCUT2D eigenvalue weighted by Crippen LogP contribution is 2.22. The minimum absolute atomic E-state index is 0.267. The molecule has 1 aromatic rings. The first-order valence-electron chi connectivity index (χ1n) is 7.54. The van der Waals surface area contributed by atoms with Gasteiger partial charge < -0.3 is 10.0 Å². The number of aliphatic hydroxyl groups is 1. The van der Waals surface area contributed by atoms with E-state index in [2.05, 4.69) is 21.9 Å². The summed E-state index contributed by atoms with van der Waals surface area (Å²) in [5, 5.41) is 13.9. The Morgan fingerprint density at radius 2 is 2.16 bits per heavy atom. The van der Waals surface area contributed by atoms with Crippen LogP contribution >= 0.6 is 0 Å². The number of likely N-dealkylation sites (tertiary alicyclic amines) is 1. The highest BCUT2D eigenvalue weighted by atomic mass is 16.3. The van der Waals surface area contributed by atoms with Crippen LogP contribution < -0.4 is 0 Å². The van der Waals surface area contributed by atoms with Crippen molar-refractivity contribution in [3.8, 4) is 0 Å². The molecule has 5 heteroatoms. The van der Waals surface area contributed by atoms with E-state index in [9.17, 15) is 5.11 Å². The van der Waals surface area contributed by atoms with E-state index < -0.39 is 0 Å². The summed E-state index contributed by atoms with van der Waals surface area (Å²) < 4.78 is 2.02. The van der Waals surface area contributed by atoms with E-state index in [1.54, 1.807) is 0 Å². The summed E-state index contributed by atoms with van der Waals surface area (Å²) in [5.41, 5.74) is 0. The lowest BCUT2D eigenvalue weighted by Crippen LogP contribution is -2.23. The van der Waals surface area contributed by atoms with Gasteiger partial charge >= 0.3 is 0 Å². The number of rotatable bonds is 4. The van der Waals surface area contributed by atoms with Crippen molar-refractivity contribution in [2.24, 2.45) is 11.8 Å². The maximum Gasteiger partial charge on any atom is 0.151 e. The van der Waals surface area contributed by atoms with Crippen molar-refractivity contribution in [1.29, 1.82) is 0 Å². The molecule has 0 aliphatic carbocycles.